The number of hydrogen-bond donors (Lipinski definition) is 1. The standard InChI is InChI=1S/C25H23N5OS/c1-31-20-10-6-9-19(16-20)29-15-7-12-22(29)24-23(21-11-3-5-14-27-21)28-25(32)30(24)17-18-8-2-4-13-26-18/h2-16,23-24H,17H2,1H3,(H,28,32). The second-order valence-electron chi connectivity index (χ2n) is 7.58. The van der Waals surface area contributed by atoms with E-state index in [0.717, 1.165) is 28.5 Å². The van der Waals surface area contributed by atoms with Crippen molar-refractivity contribution in [2.75, 3.05) is 7.11 Å². The van der Waals surface area contributed by atoms with E-state index in [1.807, 2.05) is 67.0 Å². The first kappa shape index (κ1) is 20.2. The van der Waals surface area contributed by atoms with Gasteiger partial charge in [-0.05, 0) is 60.7 Å². The number of methoxy groups -OCH3 is 1. The van der Waals surface area contributed by atoms with Crippen LogP contribution >= 0.6 is 12.2 Å². The van der Waals surface area contributed by atoms with Crippen LogP contribution in [0.5, 0.6) is 5.75 Å². The summed E-state index contributed by atoms with van der Waals surface area (Å²) >= 11 is 5.80. The molecule has 7 heteroatoms. The van der Waals surface area contributed by atoms with Crippen molar-refractivity contribution in [3.8, 4) is 11.4 Å². The van der Waals surface area contributed by atoms with Crippen LogP contribution in [0.4, 0.5) is 0 Å². The predicted molar refractivity (Wildman–Crippen MR) is 128 cm³/mol. The van der Waals surface area contributed by atoms with Gasteiger partial charge in [-0.1, -0.05) is 18.2 Å². The van der Waals surface area contributed by atoms with Crippen molar-refractivity contribution in [3.05, 3.63) is 108 Å². The number of pyridine rings is 2. The summed E-state index contributed by atoms with van der Waals surface area (Å²) < 4.78 is 7.64. The molecule has 0 saturated carbocycles. The summed E-state index contributed by atoms with van der Waals surface area (Å²) in [7, 11) is 1.68. The van der Waals surface area contributed by atoms with E-state index in [1.165, 1.54) is 0 Å². The molecule has 5 rings (SSSR count). The zero-order chi connectivity index (χ0) is 21.9. The number of ether oxygens (including phenoxy) is 1. The summed E-state index contributed by atoms with van der Waals surface area (Å²) in [5.74, 6) is 0.814. The Bertz CT molecular complexity index is 1210. The fourth-order valence-electron chi connectivity index (χ4n) is 4.19. The van der Waals surface area contributed by atoms with E-state index < -0.39 is 0 Å². The smallest absolute Gasteiger partial charge is 0.170 e. The van der Waals surface area contributed by atoms with Crippen molar-refractivity contribution in [2.24, 2.45) is 0 Å². The largest absolute Gasteiger partial charge is 0.497 e. The van der Waals surface area contributed by atoms with Gasteiger partial charge in [0.05, 0.1) is 37.1 Å². The molecule has 2 atom stereocenters. The van der Waals surface area contributed by atoms with E-state index in [2.05, 4.69) is 49.1 Å². The highest BCUT2D eigenvalue weighted by Crippen LogP contribution is 2.40. The van der Waals surface area contributed by atoms with Crippen LogP contribution in [0.25, 0.3) is 5.69 Å². The molecule has 1 aliphatic heterocycles. The molecular weight excluding hydrogens is 418 g/mol. The van der Waals surface area contributed by atoms with E-state index in [1.54, 1.807) is 7.11 Å². The van der Waals surface area contributed by atoms with Crippen molar-refractivity contribution in [1.82, 2.24) is 24.8 Å². The minimum Gasteiger partial charge on any atom is -0.497 e. The fourth-order valence-corrected chi connectivity index (χ4v) is 4.50. The van der Waals surface area contributed by atoms with Gasteiger partial charge in [0.25, 0.3) is 0 Å². The minimum absolute atomic E-state index is 0.0689. The van der Waals surface area contributed by atoms with E-state index in [-0.39, 0.29) is 12.1 Å². The summed E-state index contributed by atoms with van der Waals surface area (Å²) in [5.41, 5.74) is 4.04. The molecule has 1 saturated heterocycles. The van der Waals surface area contributed by atoms with Gasteiger partial charge in [0.1, 0.15) is 5.75 Å². The molecule has 0 aliphatic carbocycles. The van der Waals surface area contributed by atoms with Gasteiger partial charge >= 0.3 is 0 Å². The van der Waals surface area contributed by atoms with E-state index >= 15 is 0 Å². The normalized spacial score (nSPS) is 17.9. The van der Waals surface area contributed by atoms with Crippen LogP contribution in [0.15, 0.2) is 91.4 Å². The minimum atomic E-state index is -0.0910. The molecule has 3 aromatic heterocycles. The topological polar surface area (TPSA) is 55.2 Å². The number of thiocarbonyl (C=S) groups is 1. The lowest BCUT2D eigenvalue weighted by Gasteiger charge is -2.28. The highest BCUT2D eigenvalue weighted by molar-refractivity contribution is 7.80. The first-order valence-corrected chi connectivity index (χ1v) is 10.8. The quantitative estimate of drug-likeness (QED) is 0.446. The van der Waals surface area contributed by atoms with Crippen LogP contribution in [0.2, 0.25) is 0 Å². The Labute approximate surface area is 192 Å². The molecule has 1 aliphatic rings. The van der Waals surface area contributed by atoms with Gasteiger partial charge in [-0.25, -0.2) is 0 Å². The Morgan fingerprint density at radius 1 is 0.969 bits per heavy atom. The third-order valence-corrected chi connectivity index (χ3v) is 6.02. The summed E-state index contributed by atoms with van der Waals surface area (Å²) in [6.45, 7) is 0.601. The highest BCUT2D eigenvalue weighted by atomic mass is 32.1. The van der Waals surface area contributed by atoms with Crippen molar-refractivity contribution in [1.29, 1.82) is 0 Å². The first-order chi connectivity index (χ1) is 15.7. The van der Waals surface area contributed by atoms with Crippen molar-refractivity contribution in [2.45, 2.75) is 18.6 Å². The molecule has 1 fully saturated rings. The van der Waals surface area contributed by atoms with Crippen LogP contribution in [0.3, 0.4) is 0 Å². The molecule has 32 heavy (non-hydrogen) atoms. The molecule has 6 nitrogen and oxygen atoms in total. The van der Waals surface area contributed by atoms with Gasteiger partial charge in [-0.15, -0.1) is 0 Å². The van der Waals surface area contributed by atoms with E-state index in [0.29, 0.717) is 11.7 Å². The monoisotopic (exact) mass is 441 g/mol. The van der Waals surface area contributed by atoms with Crippen molar-refractivity contribution in [3.63, 3.8) is 0 Å². The summed E-state index contributed by atoms with van der Waals surface area (Å²) in [5, 5.41) is 4.20. The molecule has 0 bridgehead atoms. The Morgan fingerprint density at radius 2 is 1.81 bits per heavy atom. The third kappa shape index (κ3) is 3.83. The van der Waals surface area contributed by atoms with Gasteiger partial charge in [-0.3, -0.25) is 9.97 Å². The lowest BCUT2D eigenvalue weighted by Crippen LogP contribution is -2.30. The lowest BCUT2D eigenvalue weighted by molar-refractivity contribution is 0.299. The number of aromatic nitrogens is 3. The van der Waals surface area contributed by atoms with Gasteiger partial charge in [0, 0.05) is 36.0 Å². The maximum atomic E-state index is 5.80. The third-order valence-electron chi connectivity index (χ3n) is 5.67. The highest BCUT2D eigenvalue weighted by Gasteiger charge is 2.41. The lowest BCUT2D eigenvalue weighted by atomic mass is 10.0. The molecule has 160 valence electrons. The second kappa shape index (κ2) is 8.80. The SMILES string of the molecule is COc1cccc(-n2cccc2C2C(c3ccccn3)NC(=S)N2Cc2ccccn2)c1. The molecule has 0 radical (unpaired) electrons. The summed E-state index contributed by atoms with van der Waals surface area (Å²) in [4.78, 5) is 11.4. The van der Waals surface area contributed by atoms with Crippen LogP contribution in [-0.2, 0) is 6.54 Å². The molecule has 2 unspecified atom stereocenters. The fraction of sp³-hybridized carbons (Fsp3) is 0.160. The molecule has 1 aromatic carbocycles. The Hall–Kier alpha value is -3.71. The number of rotatable bonds is 6. The number of nitrogens with one attached hydrogen (secondary N) is 1. The van der Waals surface area contributed by atoms with Crippen molar-refractivity contribution < 1.29 is 4.74 Å². The molecular formula is C25H23N5OS. The first-order valence-electron chi connectivity index (χ1n) is 10.4. The van der Waals surface area contributed by atoms with Crippen LogP contribution < -0.4 is 10.1 Å². The maximum Gasteiger partial charge on any atom is 0.170 e. The number of benzene rings is 1. The zero-order valence-corrected chi connectivity index (χ0v) is 18.4. The van der Waals surface area contributed by atoms with Crippen LogP contribution in [0, 0.1) is 0 Å². The average molecular weight is 442 g/mol. The van der Waals surface area contributed by atoms with Gasteiger partial charge < -0.3 is 19.5 Å². The second-order valence-corrected chi connectivity index (χ2v) is 7.97. The van der Waals surface area contributed by atoms with Gasteiger partial charge in [0.2, 0.25) is 0 Å². The molecule has 0 amide bonds. The van der Waals surface area contributed by atoms with Gasteiger partial charge in [0.15, 0.2) is 5.11 Å². The van der Waals surface area contributed by atoms with Crippen LogP contribution in [0.1, 0.15) is 29.2 Å². The van der Waals surface area contributed by atoms with Crippen LogP contribution in [-0.4, -0.2) is 31.7 Å². The maximum absolute atomic E-state index is 5.80. The number of hydrogen-bond acceptors (Lipinski definition) is 4. The summed E-state index contributed by atoms with van der Waals surface area (Å²) in [6, 6.07) is 24.0. The van der Waals surface area contributed by atoms with E-state index in [9.17, 15) is 0 Å². The van der Waals surface area contributed by atoms with E-state index in [4.69, 9.17) is 17.0 Å². The molecule has 4 heterocycles. The average Bonchev–Trinajstić information content (AvgIpc) is 3.45. The zero-order valence-electron chi connectivity index (χ0n) is 17.6. The predicted octanol–water partition coefficient (Wildman–Crippen LogP) is 4.45. The molecule has 1 N–H and O–H groups in total. The number of nitrogens with zero attached hydrogens (tertiary/aromatic N) is 4. The van der Waals surface area contributed by atoms with Crippen molar-refractivity contribution >= 4 is 17.3 Å². The molecule has 4 aromatic rings. The molecule has 0 spiro atoms. The summed E-state index contributed by atoms with van der Waals surface area (Å²) in [6.07, 6.45) is 5.70. The van der Waals surface area contributed by atoms with Gasteiger partial charge in [-0.2, -0.15) is 0 Å². The Balaban J connectivity index is 1.60. The Morgan fingerprint density at radius 3 is 2.56 bits per heavy atom. The Kier molecular flexibility index (Phi) is 5.56.